The van der Waals surface area contributed by atoms with Crippen molar-refractivity contribution in [3.63, 3.8) is 0 Å². The zero-order valence-electron chi connectivity index (χ0n) is 20.7. The van der Waals surface area contributed by atoms with Crippen LogP contribution < -0.4 is 20.1 Å². The Morgan fingerprint density at radius 3 is 2.71 bits per heavy atom. The Kier molecular flexibility index (Phi) is 7.65. The Balaban J connectivity index is 1.80. The number of amides is 1. The van der Waals surface area contributed by atoms with Gasteiger partial charge in [0.05, 0.1) is 19.3 Å². The van der Waals surface area contributed by atoms with Gasteiger partial charge in [0.1, 0.15) is 6.04 Å². The van der Waals surface area contributed by atoms with Crippen molar-refractivity contribution in [1.29, 1.82) is 0 Å². The number of aryl methyl sites for hydroxylation is 1. The topological polar surface area (TPSA) is 90.3 Å². The van der Waals surface area contributed by atoms with Crippen LogP contribution in [0.4, 0.5) is 11.6 Å². The number of aromatic nitrogens is 3. The Morgan fingerprint density at radius 2 is 2.00 bits per heavy atom. The molecule has 1 amide bonds. The van der Waals surface area contributed by atoms with Crippen LogP contribution in [-0.2, 0) is 4.79 Å². The van der Waals surface area contributed by atoms with Crippen molar-refractivity contribution in [1.82, 2.24) is 14.8 Å². The minimum atomic E-state index is -0.496. The number of fused-ring (bicyclic) bond motifs is 1. The van der Waals surface area contributed by atoms with E-state index < -0.39 is 6.04 Å². The van der Waals surface area contributed by atoms with Crippen molar-refractivity contribution >= 4 is 29.3 Å². The largest absolute Gasteiger partial charge is 0.493 e. The number of rotatable bonds is 9. The van der Waals surface area contributed by atoms with E-state index in [-0.39, 0.29) is 5.91 Å². The maximum atomic E-state index is 13.7. The number of anilines is 2. The molecule has 0 fully saturated rings. The summed E-state index contributed by atoms with van der Waals surface area (Å²) in [4.78, 5) is 18.3. The van der Waals surface area contributed by atoms with Gasteiger partial charge in [-0.05, 0) is 62.6 Å². The molecule has 2 N–H and O–H groups in total. The molecule has 35 heavy (non-hydrogen) atoms. The number of nitrogens with one attached hydrogen (secondary N) is 2. The highest BCUT2D eigenvalue weighted by molar-refractivity contribution is 7.99. The van der Waals surface area contributed by atoms with E-state index >= 15 is 0 Å². The molecular formula is C26H31N5O3S. The third kappa shape index (κ3) is 5.30. The first-order valence-electron chi connectivity index (χ1n) is 11.7. The smallest absolute Gasteiger partial charge is 0.255 e. The molecule has 0 radical (unpaired) electrons. The molecule has 3 aromatic rings. The van der Waals surface area contributed by atoms with Gasteiger partial charge in [0, 0.05) is 17.1 Å². The van der Waals surface area contributed by atoms with Gasteiger partial charge < -0.3 is 20.1 Å². The average molecular weight is 494 g/mol. The van der Waals surface area contributed by atoms with Gasteiger partial charge in [-0.1, -0.05) is 36.9 Å². The van der Waals surface area contributed by atoms with E-state index in [1.54, 1.807) is 23.6 Å². The van der Waals surface area contributed by atoms with Gasteiger partial charge in [0.25, 0.3) is 5.91 Å². The van der Waals surface area contributed by atoms with E-state index in [9.17, 15) is 4.79 Å². The minimum Gasteiger partial charge on any atom is -0.493 e. The first-order chi connectivity index (χ1) is 16.9. The summed E-state index contributed by atoms with van der Waals surface area (Å²) in [6.07, 6.45) is 1.02. The van der Waals surface area contributed by atoms with Crippen LogP contribution in [0, 0.1) is 6.92 Å². The summed E-state index contributed by atoms with van der Waals surface area (Å²) in [6, 6.07) is 13.0. The fraction of sp³-hybridized carbons (Fsp3) is 0.346. The SMILES string of the molecule is CCCSc1nc2n(n1)C(c1ccc(OC)c(OCC)c1)C(C(=O)Nc1cccc(C)c1)=C(C)N2. The lowest BCUT2D eigenvalue weighted by molar-refractivity contribution is -0.113. The van der Waals surface area contributed by atoms with Crippen LogP contribution in [0.2, 0.25) is 0 Å². The van der Waals surface area contributed by atoms with Gasteiger partial charge in [-0.2, -0.15) is 4.98 Å². The summed E-state index contributed by atoms with van der Waals surface area (Å²) < 4.78 is 13.1. The number of hydrogen-bond donors (Lipinski definition) is 2. The summed E-state index contributed by atoms with van der Waals surface area (Å²) in [5, 5.41) is 11.8. The van der Waals surface area contributed by atoms with Gasteiger partial charge >= 0.3 is 0 Å². The summed E-state index contributed by atoms with van der Waals surface area (Å²) in [7, 11) is 1.61. The fourth-order valence-corrected chi connectivity index (χ4v) is 4.72. The van der Waals surface area contributed by atoms with Crippen molar-refractivity contribution in [2.45, 2.75) is 45.3 Å². The third-order valence-electron chi connectivity index (χ3n) is 5.59. The molecule has 1 atom stereocenters. The minimum absolute atomic E-state index is 0.205. The molecule has 2 heterocycles. The lowest BCUT2D eigenvalue weighted by Gasteiger charge is -2.29. The van der Waals surface area contributed by atoms with E-state index in [2.05, 4.69) is 22.5 Å². The highest BCUT2D eigenvalue weighted by Gasteiger charge is 2.35. The average Bonchev–Trinajstić information content (AvgIpc) is 3.24. The maximum Gasteiger partial charge on any atom is 0.255 e. The lowest BCUT2D eigenvalue weighted by atomic mass is 9.94. The Hall–Kier alpha value is -3.46. The number of thioether (sulfide) groups is 1. The molecule has 1 aliphatic rings. The summed E-state index contributed by atoms with van der Waals surface area (Å²) in [6.45, 7) is 8.43. The number of nitrogens with zero attached hydrogens (tertiary/aromatic N) is 3. The highest BCUT2D eigenvalue weighted by Crippen LogP contribution is 2.39. The molecule has 0 aliphatic carbocycles. The Labute approximate surface area is 210 Å². The van der Waals surface area contributed by atoms with E-state index in [4.69, 9.17) is 14.6 Å². The van der Waals surface area contributed by atoms with Crippen LogP contribution in [0.5, 0.6) is 11.5 Å². The quantitative estimate of drug-likeness (QED) is 0.385. The second-order valence-electron chi connectivity index (χ2n) is 8.24. The van der Waals surface area contributed by atoms with Crippen LogP contribution in [0.25, 0.3) is 0 Å². The molecule has 0 spiro atoms. The predicted octanol–water partition coefficient (Wildman–Crippen LogP) is 5.42. The number of allylic oxidation sites excluding steroid dienone is 1. The van der Waals surface area contributed by atoms with Crippen molar-refractivity contribution in [3.8, 4) is 11.5 Å². The number of ether oxygens (including phenoxy) is 2. The zero-order chi connectivity index (χ0) is 24.9. The molecular weight excluding hydrogens is 462 g/mol. The molecule has 184 valence electrons. The number of carbonyl (C=O) groups is 1. The third-order valence-corrected chi connectivity index (χ3v) is 6.64. The van der Waals surface area contributed by atoms with Gasteiger partial charge in [0.15, 0.2) is 11.5 Å². The molecule has 9 heteroatoms. The molecule has 0 bridgehead atoms. The fourth-order valence-electron chi connectivity index (χ4n) is 4.04. The van der Waals surface area contributed by atoms with Crippen LogP contribution in [-0.4, -0.2) is 40.1 Å². The maximum absolute atomic E-state index is 13.7. The van der Waals surface area contributed by atoms with Crippen LogP contribution in [0.15, 0.2) is 58.9 Å². The highest BCUT2D eigenvalue weighted by atomic mass is 32.2. The van der Waals surface area contributed by atoms with E-state index in [0.717, 1.165) is 34.7 Å². The van der Waals surface area contributed by atoms with Crippen molar-refractivity contribution < 1.29 is 14.3 Å². The normalized spacial score (nSPS) is 14.8. The second-order valence-corrected chi connectivity index (χ2v) is 9.31. The second kappa shape index (κ2) is 10.9. The van der Waals surface area contributed by atoms with E-state index in [1.165, 1.54) is 0 Å². The molecule has 8 nitrogen and oxygen atoms in total. The first kappa shape index (κ1) is 24.7. The molecule has 2 aromatic carbocycles. The van der Waals surface area contributed by atoms with Crippen LogP contribution in [0.3, 0.4) is 0 Å². The number of benzene rings is 2. The predicted molar refractivity (Wildman–Crippen MR) is 139 cm³/mol. The van der Waals surface area contributed by atoms with Crippen molar-refractivity contribution in [2.24, 2.45) is 0 Å². The van der Waals surface area contributed by atoms with E-state index in [1.807, 2.05) is 63.2 Å². The van der Waals surface area contributed by atoms with Crippen LogP contribution >= 0.6 is 11.8 Å². The van der Waals surface area contributed by atoms with Gasteiger partial charge in [0.2, 0.25) is 11.1 Å². The number of carbonyl (C=O) groups excluding carboxylic acids is 1. The Bertz CT molecular complexity index is 1250. The monoisotopic (exact) mass is 493 g/mol. The van der Waals surface area contributed by atoms with Gasteiger partial charge in [-0.15, -0.1) is 5.10 Å². The Morgan fingerprint density at radius 1 is 1.17 bits per heavy atom. The van der Waals surface area contributed by atoms with Crippen molar-refractivity contribution in [3.05, 3.63) is 64.9 Å². The van der Waals surface area contributed by atoms with Gasteiger partial charge in [-0.3, -0.25) is 4.79 Å². The van der Waals surface area contributed by atoms with Crippen molar-refractivity contribution in [2.75, 3.05) is 30.1 Å². The summed E-state index contributed by atoms with van der Waals surface area (Å²) in [5.41, 5.74) is 3.94. The molecule has 0 saturated heterocycles. The molecule has 1 unspecified atom stereocenters. The molecule has 0 saturated carbocycles. The standard InChI is InChI=1S/C26H31N5O3S/c1-6-13-35-26-29-25-27-17(4)22(24(32)28-19-10-8-9-16(3)14-19)23(31(25)30-26)18-11-12-20(33-5)21(15-18)34-7-2/h8-12,14-15,23H,6-7,13H2,1-5H3,(H,28,32)(H,27,29,30). The molecule has 1 aromatic heterocycles. The van der Waals surface area contributed by atoms with Gasteiger partial charge in [-0.25, -0.2) is 4.68 Å². The number of methoxy groups -OCH3 is 1. The lowest BCUT2D eigenvalue weighted by Crippen LogP contribution is -2.31. The van der Waals surface area contributed by atoms with E-state index in [0.29, 0.717) is 34.8 Å². The van der Waals surface area contributed by atoms with Crippen LogP contribution in [0.1, 0.15) is 44.4 Å². The summed E-state index contributed by atoms with van der Waals surface area (Å²) >= 11 is 1.60. The first-order valence-corrected chi connectivity index (χ1v) is 12.7. The zero-order valence-corrected chi connectivity index (χ0v) is 21.5. The number of hydrogen-bond acceptors (Lipinski definition) is 7. The molecule has 4 rings (SSSR count). The summed E-state index contributed by atoms with van der Waals surface area (Å²) in [5.74, 6) is 2.56. The molecule has 1 aliphatic heterocycles.